The van der Waals surface area contributed by atoms with Crippen molar-refractivity contribution in [3.8, 4) is 0 Å². The minimum absolute atomic E-state index is 0.140. The normalized spacial score (nSPS) is 26.5. The van der Waals surface area contributed by atoms with Crippen molar-refractivity contribution in [1.82, 2.24) is 9.88 Å². The first-order valence-electron chi connectivity index (χ1n) is 8.19. The molecule has 24 heavy (non-hydrogen) atoms. The Morgan fingerprint density at radius 3 is 2.96 bits per heavy atom. The van der Waals surface area contributed by atoms with Crippen LogP contribution in [0.5, 0.6) is 0 Å². The Morgan fingerprint density at radius 2 is 2.21 bits per heavy atom. The van der Waals surface area contributed by atoms with E-state index >= 15 is 0 Å². The van der Waals surface area contributed by atoms with Gasteiger partial charge in [-0.2, -0.15) is 0 Å². The fourth-order valence-corrected chi connectivity index (χ4v) is 3.98. The number of hydrogen-bond donors (Lipinski definition) is 2. The lowest BCUT2D eigenvalue weighted by Crippen LogP contribution is -2.45. The number of aliphatic carboxylic acids is 1. The summed E-state index contributed by atoms with van der Waals surface area (Å²) >= 11 is 0. The standard InChI is InChI=1S/C18H20N2O4/c1-11-2-3-12-7-15(19-14(12)6-11)16(21)20-8-13-9-24-5-4-18(13,10-20)17(22)23/h2-3,6-7,13,19H,4-5,8-10H2,1H3,(H,22,23)/t13-,18+/m0/s1. The number of aromatic nitrogens is 1. The maximum atomic E-state index is 12.9. The summed E-state index contributed by atoms with van der Waals surface area (Å²) < 4.78 is 5.44. The number of aromatic amines is 1. The predicted molar refractivity (Wildman–Crippen MR) is 87.9 cm³/mol. The highest BCUT2D eigenvalue weighted by Crippen LogP contribution is 2.42. The van der Waals surface area contributed by atoms with E-state index in [0.717, 1.165) is 16.5 Å². The molecule has 1 aromatic heterocycles. The molecule has 0 spiro atoms. The van der Waals surface area contributed by atoms with Gasteiger partial charge in [-0.3, -0.25) is 9.59 Å². The average molecular weight is 328 g/mol. The molecular formula is C18H20N2O4. The molecule has 2 fully saturated rings. The molecule has 6 heteroatoms. The summed E-state index contributed by atoms with van der Waals surface area (Å²) in [7, 11) is 0. The van der Waals surface area contributed by atoms with Crippen molar-refractivity contribution < 1.29 is 19.4 Å². The number of likely N-dealkylation sites (tertiary alicyclic amines) is 1. The Kier molecular flexibility index (Phi) is 3.38. The van der Waals surface area contributed by atoms with Crippen LogP contribution in [0.1, 0.15) is 22.5 Å². The number of hydrogen-bond acceptors (Lipinski definition) is 3. The van der Waals surface area contributed by atoms with E-state index in [1.807, 2.05) is 31.2 Å². The van der Waals surface area contributed by atoms with Crippen molar-refractivity contribution in [3.63, 3.8) is 0 Å². The first-order chi connectivity index (χ1) is 11.5. The summed E-state index contributed by atoms with van der Waals surface area (Å²) in [6.07, 6.45) is 0.461. The lowest BCUT2D eigenvalue weighted by atomic mass is 9.74. The van der Waals surface area contributed by atoms with Crippen LogP contribution in [-0.2, 0) is 9.53 Å². The molecule has 2 aliphatic heterocycles. The molecule has 2 N–H and O–H groups in total. The number of amides is 1. The van der Waals surface area contributed by atoms with E-state index in [1.54, 1.807) is 4.90 Å². The van der Waals surface area contributed by atoms with Gasteiger partial charge < -0.3 is 19.7 Å². The molecule has 126 valence electrons. The molecule has 6 nitrogen and oxygen atoms in total. The smallest absolute Gasteiger partial charge is 0.311 e. The molecule has 2 aliphatic rings. The first-order valence-corrected chi connectivity index (χ1v) is 8.19. The zero-order valence-corrected chi connectivity index (χ0v) is 13.5. The van der Waals surface area contributed by atoms with Crippen molar-refractivity contribution in [1.29, 1.82) is 0 Å². The Balaban J connectivity index is 1.63. The van der Waals surface area contributed by atoms with Crippen LogP contribution < -0.4 is 0 Å². The van der Waals surface area contributed by atoms with E-state index in [-0.39, 0.29) is 18.4 Å². The number of H-pyrrole nitrogens is 1. The fraction of sp³-hybridized carbons (Fsp3) is 0.444. The van der Waals surface area contributed by atoms with E-state index in [2.05, 4.69) is 4.98 Å². The van der Waals surface area contributed by atoms with E-state index in [4.69, 9.17) is 4.74 Å². The third-order valence-electron chi connectivity index (χ3n) is 5.43. The van der Waals surface area contributed by atoms with Crippen LogP contribution >= 0.6 is 0 Å². The number of ether oxygens (including phenoxy) is 1. The molecule has 1 aromatic carbocycles. The zero-order valence-electron chi connectivity index (χ0n) is 13.5. The molecule has 0 saturated carbocycles. The number of rotatable bonds is 2. The highest BCUT2D eigenvalue weighted by atomic mass is 16.5. The largest absolute Gasteiger partial charge is 0.481 e. The summed E-state index contributed by atoms with van der Waals surface area (Å²) in [6.45, 7) is 3.53. The molecule has 2 saturated heterocycles. The van der Waals surface area contributed by atoms with Gasteiger partial charge in [0, 0.05) is 36.5 Å². The Hall–Kier alpha value is -2.34. The Morgan fingerprint density at radius 1 is 1.38 bits per heavy atom. The highest BCUT2D eigenvalue weighted by molar-refractivity contribution is 5.98. The van der Waals surface area contributed by atoms with Crippen LogP contribution in [0.15, 0.2) is 24.3 Å². The summed E-state index contributed by atoms with van der Waals surface area (Å²) in [4.78, 5) is 29.5. The summed E-state index contributed by atoms with van der Waals surface area (Å²) in [6, 6.07) is 7.82. The van der Waals surface area contributed by atoms with Gasteiger partial charge in [-0.1, -0.05) is 12.1 Å². The molecule has 0 aliphatic carbocycles. The van der Waals surface area contributed by atoms with Gasteiger partial charge in [0.2, 0.25) is 0 Å². The molecule has 2 atom stereocenters. The van der Waals surface area contributed by atoms with Gasteiger partial charge in [-0.15, -0.1) is 0 Å². The number of nitrogens with one attached hydrogen (secondary N) is 1. The maximum absolute atomic E-state index is 12.9. The molecule has 4 rings (SSSR count). The number of carboxylic acid groups (broad SMARTS) is 1. The molecule has 0 unspecified atom stereocenters. The minimum atomic E-state index is -0.865. The van der Waals surface area contributed by atoms with Crippen molar-refractivity contribution >= 4 is 22.8 Å². The molecule has 1 amide bonds. The topological polar surface area (TPSA) is 82.6 Å². The number of fused-ring (bicyclic) bond motifs is 2. The quantitative estimate of drug-likeness (QED) is 0.884. The monoisotopic (exact) mass is 328 g/mol. The molecule has 2 aromatic rings. The van der Waals surface area contributed by atoms with Crippen LogP contribution in [0.4, 0.5) is 0 Å². The van der Waals surface area contributed by atoms with Gasteiger partial charge in [0.15, 0.2) is 0 Å². The molecule has 0 radical (unpaired) electrons. The van der Waals surface area contributed by atoms with E-state index in [0.29, 0.717) is 31.9 Å². The maximum Gasteiger partial charge on any atom is 0.311 e. The van der Waals surface area contributed by atoms with Gasteiger partial charge in [-0.25, -0.2) is 0 Å². The van der Waals surface area contributed by atoms with Gasteiger partial charge in [0.05, 0.1) is 12.0 Å². The summed E-state index contributed by atoms with van der Waals surface area (Å²) in [5.74, 6) is -1.10. The predicted octanol–water partition coefficient (Wildman–Crippen LogP) is 2.04. The zero-order chi connectivity index (χ0) is 16.9. The van der Waals surface area contributed by atoms with Gasteiger partial charge in [0.25, 0.3) is 5.91 Å². The van der Waals surface area contributed by atoms with Crippen molar-refractivity contribution in [2.24, 2.45) is 11.3 Å². The van der Waals surface area contributed by atoms with Crippen LogP contribution in [0.25, 0.3) is 10.9 Å². The van der Waals surface area contributed by atoms with Crippen LogP contribution in [0.2, 0.25) is 0 Å². The van der Waals surface area contributed by atoms with E-state index < -0.39 is 11.4 Å². The lowest BCUT2D eigenvalue weighted by molar-refractivity contribution is -0.157. The number of benzene rings is 1. The Labute approximate surface area is 139 Å². The highest BCUT2D eigenvalue weighted by Gasteiger charge is 2.55. The SMILES string of the molecule is Cc1ccc2cc(C(=O)N3C[C@H]4COCC[C@@]4(C(=O)O)C3)[nH]c2c1. The first kappa shape index (κ1) is 15.2. The Bertz CT molecular complexity index is 828. The molecule has 0 bridgehead atoms. The second-order valence-electron chi connectivity index (χ2n) is 6.94. The summed E-state index contributed by atoms with van der Waals surface area (Å²) in [5.41, 5.74) is 1.69. The van der Waals surface area contributed by atoms with Gasteiger partial charge in [0.1, 0.15) is 5.69 Å². The molecule has 3 heterocycles. The van der Waals surface area contributed by atoms with Gasteiger partial charge in [-0.05, 0) is 31.0 Å². The third kappa shape index (κ3) is 2.21. The second-order valence-corrected chi connectivity index (χ2v) is 6.94. The minimum Gasteiger partial charge on any atom is -0.481 e. The number of carbonyl (C=O) groups is 2. The number of carboxylic acids is 1. The summed E-state index contributed by atoms with van der Waals surface area (Å²) in [5, 5.41) is 10.7. The van der Waals surface area contributed by atoms with Gasteiger partial charge >= 0.3 is 5.97 Å². The number of nitrogens with zero attached hydrogens (tertiary/aromatic N) is 1. The van der Waals surface area contributed by atoms with E-state index in [1.165, 1.54) is 0 Å². The van der Waals surface area contributed by atoms with Crippen molar-refractivity contribution in [2.75, 3.05) is 26.3 Å². The number of aryl methyl sites for hydroxylation is 1. The average Bonchev–Trinajstić information content (AvgIpc) is 3.15. The van der Waals surface area contributed by atoms with Crippen LogP contribution in [-0.4, -0.2) is 53.2 Å². The van der Waals surface area contributed by atoms with Crippen molar-refractivity contribution in [2.45, 2.75) is 13.3 Å². The second kappa shape index (κ2) is 5.34. The fourth-order valence-electron chi connectivity index (χ4n) is 3.98. The van der Waals surface area contributed by atoms with Crippen LogP contribution in [0.3, 0.4) is 0 Å². The number of carbonyl (C=O) groups excluding carboxylic acids is 1. The van der Waals surface area contributed by atoms with Crippen LogP contribution in [0, 0.1) is 18.3 Å². The van der Waals surface area contributed by atoms with Crippen molar-refractivity contribution in [3.05, 3.63) is 35.5 Å². The molecular weight excluding hydrogens is 308 g/mol. The lowest BCUT2D eigenvalue weighted by Gasteiger charge is -2.33. The third-order valence-corrected chi connectivity index (χ3v) is 5.43. The van der Waals surface area contributed by atoms with E-state index in [9.17, 15) is 14.7 Å².